The highest BCUT2D eigenvalue weighted by Gasteiger charge is 2.17. The van der Waals surface area contributed by atoms with Crippen LogP contribution in [0.15, 0.2) is 24.8 Å². The zero-order valence-corrected chi connectivity index (χ0v) is 17.6. The molecule has 1 unspecified atom stereocenters. The molecule has 0 saturated carbocycles. The lowest BCUT2D eigenvalue weighted by molar-refractivity contribution is -0.0183. The fourth-order valence-electron chi connectivity index (χ4n) is 2.90. The van der Waals surface area contributed by atoms with Gasteiger partial charge in [0.2, 0.25) is 0 Å². The first-order chi connectivity index (χ1) is 11.8. The maximum absolute atomic E-state index is 6.27. The monoisotopic (exact) mass is 386 g/mol. The standard InChI is InChI=1S/C21H32Cl2O2/c1-6-9-18-19(23)14-17(22)15-20(18)24-13-11-16(3)10-8-12-21(4,5)25-7-2/h6,14-16H,1,7-13H2,2-5H3. The van der Waals surface area contributed by atoms with E-state index in [1.807, 2.05) is 19.1 Å². The summed E-state index contributed by atoms with van der Waals surface area (Å²) in [6.45, 7) is 13.8. The highest BCUT2D eigenvalue weighted by molar-refractivity contribution is 6.35. The Bertz CT molecular complexity index is 541. The van der Waals surface area contributed by atoms with Gasteiger partial charge in [-0.1, -0.05) is 49.0 Å². The number of hydrogen-bond acceptors (Lipinski definition) is 2. The van der Waals surface area contributed by atoms with Crippen LogP contribution in [0.5, 0.6) is 5.75 Å². The summed E-state index contributed by atoms with van der Waals surface area (Å²) in [5, 5.41) is 1.23. The van der Waals surface area contributed by atoms with E-state index in [0.29, 0.717) is 29.0 Å². The predicted octanol–water partition coefficient (Wildman–Crippen LogP) is 7.11. The van der Waals surface area contributed by atoms with Gasteiger partial charge < -0.3 is 9.47 Å². The van der Waals surface area contributed by atoms with E-state index in [2.05, 4.69) is 27.4 Å². The maximum atomic E-state index is 6.27. The van der Waals surface area contributed by atoms with E-state index in [4.69, 9.17) is 32.7 Å². The maximum Gasteiger partial charge on any atom is 0.125 e. The highest BCUT2D eigenvalue weighted by atomic mass is 35.5. The molecule has 0 aliphatic rings. The van der Waals surface area contributed by atoms with Gasteiger partial charge in [-0.3, -0.25) is 0 Å². The molecular formula is C21H32Cl2O2. The van der Waals surface area contributed by atoms with Gasteiger partial charge in [-0.25, -0.2) is 0 Å². The van der Waals surface area contributed by atoms with Crippen LogP contribution in [0.4, 0.5) is 0 Å². The molecule has 0 aromatic heterocycles. The molecule has 2 nitrogen and oxygen atoms in total. The second-order valence-corrected chi connectivity index (χ2v) is 8.03. The highest BCUT2D eigenvalue weighted by Crippen LogP contribution is 2.32. The molecule has 0 heterocycles. The number of benzene rings is 1. The molecule has 0 aliphatic heterocycles. The molecule has 0 spiro atoms. The van der Waals surface area contributed by atoms with Gasteiger partial charge in [0.15, 0.2) is 0 Å². The minimum absolute atomic E-state index is 0.0257. The van der Waals surface area contributed by atoms with Crippen LogP contribution >= 0.6 is 23.2 Å². The Balaban J connectivity index is 2.43. The molecule has 1 aromatic rings. The Morgan fingerprint density at radius 2 is 1.96 bits per heavy atom. The fraction of sp³-hybridized carbons (Fsp3) is 0.619. The van der Waals surface area contributed by atoms with Crippen LogP contribution in [0.1, 0.15) is 58.9 Å². The van der Waals surface area contributed by atoms with Crippen LogP contribution in [0.3, 0.4) is 0 Å². The van der Waals surface area contributed by atoms with Gasteiger partial charge in [0, 0.05) is 22.2 Å². The number of allylic oxidation sites excluding steroid dienone is 1. The molecule has 0 fully saturated rings. The molecule has 0 saturated heterocycles. The van der Waals surface area contributed by atoms with Crippen LogP contribution in [-0.4, -0.2) is 18.8 Å². The van der Waals surface area contributed by atoms with Crippen molar-refractivity contribution in [2.24, 2.45) is 5.92 Å². The van der Waals surface area contributed by atoms with Crippen molar-refractivity contribution < 1.29 is 9.47 Å². The van der Waals surface area contributed by atoms with Gasteiger partial charge in [-0.15, -0.1) is 6.58 Å². The number of rotatable bonds is 12. The van der Waals surface area contributed by atoms with Crippen molar-refractivity contribution >= 4 is 23.2 Å². The van der Waals surface area contributed by atoms with Crippen LogP contribution in [0.2, 0.25) is 10.0 Å². The van der Waals surface area contributed by atoms with Crippen LogP contribution in [0, 0.1) is 5.92 Å². The summed E-state index contributed by atoms with van der Waals surface area (Å²) in [6.07, 6.45) is 6.93. The van der Waals surface area contributed by atoms with Crippen LogP contribution < -0.4 is 4.74 Å². The van der Waals surface area contributed by atoms with E-state index in [9.17, 15) is 0 Å². The van der Waals surface area contributed by atoms with Gasteiger partial charge in [0.25, 0.3) is 0 Å². The summed E-state index contributed by atoms with van der Waals surface area (Å²) in [5.41, 5.74) is 0.925. The van der Waals surface area contributed by atoms with Gasteiger partial charge in [0.05, 0.1) is 12.2 Å². The van der Waals surface area contributed by atoms with Gasteiger partial charge in [0.1, 0.15) is 5.75 Å². The first kappa shape index (κ1) is 22.3. The van der Waals surface area contributed by atoms with Crippen molar-refractivity contribution in [2.75, 3.05) is 13.2 Å². The molecule has 0 aliphatic carbocycles. The summed E-state index contributed by atoms with van der Waals surface area (Å²) >= 11 is 12.4. The molecule has 4 heteroatoms. The van der Waals surface area contributed by atoms with Crippen molar-refractivity contribution in [3.8, 4) is 5.75 Å². The zero-order chi connectivity index (χ0) is 18.9. The summed E-state index contributed by atoms with van der Waals surface area (Å²) in [7, 11) is 0. The molecule has 1 rings (SSSR count). The Hall–Kier alpha value is -0.700. The lowest BCUT2D eigenvalue weighted by Gasteiger charge is -2.25. The smallest absolute Gasteiger partial charge is 0.125 e. The summed E-state index contributed by atoms with van der Waals surface area (Å²) in [5.74, 6) is 1.37. The largest absolute Gasteiger partial charge is 0.493 e. The lowest BCUT2D eigenvalue weighted by Crippen LogP contribution is -2.24. The average Bonchev–Trinajstić information content (AvgIpc) is 2.50. The number of ether oxygens (including phenoxy) is 2. The molecule has 1 atom stereocenters. The van der Waals surface area contributed by atoms with Gasteiger partial charge >= 0.3 is 0 Å². The van der Waals surface area contributed by atoms with E-state index < -0.39 is 0 Å². The van der Waals surface area contributed by atoms with Gasteiger partial charge in [-0.2, -0.15) is 0 Å². The molecule has 25 heavy (non-hydrogen) atoms. The number of hydrogen-bond donors (Lipinski definition) is 0. The van der Waals surface area contributed by atoms with Crippen LogP contribution in [-0.2, 0) is 11.2 Å². The summed E-state index contributed by atoms with van der Waals surface area (Å²) in [4.78, 5) is 0. The summed E-state index contributed by atoms with van der Waals surface area (Å²) in [6, 6.07) is 3.58. The van der Waals surface area contributed by atoms with E-state index >= 15 is 0 Å². The lowest BCUT2D eigenvalue weighted by atomic mass is 9.95. The normalized spacial score (nSPS) is 12.9. The minimum Gasteiger partial charge on any atom is -0.493 e. The third kappa shape index (κ3) is 8.48. The third-order valence-corrected chi connectivity index (χ3v) is 4.90. The quantitative estimate of drug-likeness (QED) is 0.356. The molecule has 0 bridgehead atoms. The Morgan fingerprint density at radius 1 is 1.24 bits per heavy atom. The average molecular weight is 387 g/mol. The van der Waals surface area contributed by atoms with Crippen molar-refractivity contribution in [1.29, 1.82) is 0 Å². The van der Waals surface area contributed by atoms with E-state index in [1.54, 1.807) is 6.07 Å². The van der Waals surface area contributed by atoms with Crippen molar-refractivity contribution in [3.05, 3.63) is 40.4 Å². The van der Waals surface area contributed by atoms with Gasteiger partial charge in [-0.05, 0) is 58.1 Å². The molecule has 1 aromatic carbocycles. The van der Waals surface area contributed by atoms with Crippen molar-refractivity contribution in [2.45, 2.75) is 65.4 Å². The third-order valence-electron chi connectivity index (χ3n) is 4.35. The summed E-state index contributed by atoms with van der Waals surface area (Å²) < 4.78 is 11.7. The fourth-order valence-corrected chi connectivity index (χ4v) is 3.46. The first-order valence-corrected chi connectivity index (χ1v) is 9.90. The molecule has 0 amide bonds. The minimum atomic E-state index is -0.0257. The van der Waals surface area contributed by atoms with Crippen LogP contribution in [0.25, 0.3) is 0 Å². The first-order valence-electron chi connectivity index (χ1n) is 9.14. The van der Waals surface area contributed by atoms with Crippen molar-refractivity contribution in [1.82, 2.24) is 0 Å². The Kier molecular flexibility index (Phi) is 9.92. The predicted molar refractivity (Wildman–Crippen MR) is 109 cm³/mol. The second-order valence-electron chi connectivity index (χ2n) is 7.18. The molecular weight excluding hydrogens is 355 g/mol. The van der Waals surface area contributed by atoms with E-state index in [1.165, 1.54) is 12.8 Å². The van der Waals surface area contributed by atoms with E-state index in [-0.39, 0.29) is 5.60 Å². The van der Waals surface area contributed by atoms with Crippen molar-refractivity contribution in [3.63, 3.8) is 0 Å². The van der Waals surface area contributed by atoms with E-state index in [0.717, 1.165) is 30.8 Å². The molecule has 142 valence electrons. The number of halogens is 2. The molecule has 0 N–H and O–H groups in total. The molecule has 0 radical (unpaired) electrons. The second kappa shape index (κ2) is 11.1. The zero-order valence-electron chi connectivity index (χ0n) is 16.0. The Morgan fingerprint density at radius 3 is 2.60 bits per heavy atom. The SMILES string of the molecule is C=CCc1c(Cl)cc(Cl)cc1OCCC(C)CCCC(C)(C)OCC. The Labute approximate surface area is 163 Å². The topological polar surface area (TPSA) is 18.5 Å².